The lowest BCUT2D eigenvalue weighted by atomic mass is 10.0. The van der Waals surface area contributed by atoms with Gasteiger partial charge in [-0.25, -0.2) is 0 Å². The lowest BCUT2D eigenvalue weighted by Crippen LogP contribution is -2.11. The molecule has 0 amide bonds. The molecule has 0 radical (unpaired) electrons. The summed E-state index contributed by atoms with van der Waals surface area (Å²) in [7, 11) is 0. The third-order valence-corrected chi connectivity index (χ3v) is 9.71. The second-order valence-electron chi connectivity index (χ2n) is 12.9. The molecule has 0 aliphatic carbocycles. The van der Waals surface area contributed by atoms with E-state index < -0.39 is 0 Å². The minimum atomic E-state index is 1.10. The van der Waals surface area contributed by atoms with Crippen molar-refractivity contribution in [3.63, 3.8) is 0 Å². The summed E-state index contributed by atoms with van der Waals surface area (Å²) in [5.41, 5.74) is 11.5. The van der Waals surface area contributed by atoms with Gasteiger partial charge in [-0.2, -0.15) is 0 Å². The molecule has 8 rings (SSSR count). The van der Waals surface area contributed by atoms with Gasteiger partial charge in [0.1, 0.15) is 0 Å². The largest absolute Gasteiger partial charge is 0.310 e. The molecule has 2 heteroatoms. The number of hydrogen-bond donors (Lipinski definition) is 0. The molecule has 52 heavy (non-hydrogen) atoms. The van der Waals surface area contributed by atoms with E-state index in [2.05, 4.69) is 230 Å². The third-order valence-electron chi connectivity index (χ3n) is 9.71. The van der Waals surface area contributed by atoms with Crippen LogP contribution in [-0.2, 0) is 0 Å². The summed E-state index contributed by atoms with van der Waals surface area (Å²) in [4.78, 5) is 4.73. The first-order valence-corrected chi connectivity index (χ1v) is 17.9. The highest BCUT2D eigenvalue weighted by molar-refractivity contribution is 6.00. The summed E-state index contributed by atoms with van der Waals surface area (Å²) in [6.45, 7) is 4.15. The van der Waals surface area contributed by atoms with E-state index in [0.717, 1.165) is 45.3 Å². The maximum Gasteiger partial charge on any atom is 0.0540 e. The fraction of sp³-hybridized carbons (Fsp3) is 0.0400. The summed E-state index contributed by atoms with van der Waals surface area (Å²) >= 11 is 0. The van der Waals surface area contributed by atoms with E-state index in [9.17, 15) is 0 Å². The Morgan fingerprint density at radius 1 is 0.404 bits per heavy atom. The quantitative estimate of drug-likeness (QED) is 0.141. The zero-order valence-corrected chi connectivity index (χ0v) is 29.5. The van der Waals surface area contributed by atoms with Gasteiger partial charge in [-0.05, 0) is 108 Å². The molecule has 8 aromatic rings. The van der Waals surface area contributed by atoms with Crippen molar-refractivity contribution in [2.45, 2.75) is 13.8 Å². The lowest BCUT2D eigenvalue weighted by molar-refractivity contribution is 1.29. The molecule has 0 atom stereocenters. The van der Waals surface area contributed by atoms with Gasteiger partial charge in [0.25, 0.3) is 0 Å². The SMILES string of the molecule is C/C=C\C(=C/C)c1ccc(N(c2cccc(-c3ccc(N(c4ccccc4)c4cccc5ccccc45)cc3)c2)c2cccc3ccccc23)cc1. The number of hydrogen-bond acceptors (Lipinski definition) is 2. The van der Waals surface area contributed by atoms with E-state index in [1.54, 1.807) is 0 Å². The van der Waals surface area contributed by atoms with Gasteiger partial charge in [0.05, 0.1) is 11.4 Å². The highest BCUT2D eigenvalue weighted by atomic mass is 15.1. The van der Waals surface area contributed by atoms with Crippen LogP contribution in [-0.4, -0.2) is 0 Å². The number of allylic oxidation sites excluding steroid dienone is 4. The van der Waals surface area contributed by atoms with Crippen molar-refractivity contribution in [3.05, 3.63) is 212 Å². The van der Waals surface area contributed by atoms with Gasteiger partial charge in [0, 0.05) is 33.5 Å². The second kappa shape index (κ2) is 14.7. The van der Waals surface area contributed by atoms with E-state index in [-0.39, 0.29) is 0 Å². The van der Waals surface area contributed by atoms with Gasteiger partial charge < -0.3 is 9.80 Å². The summed E-state index contributed by atoms with van der Waals surface area (Å²) in [5.74, 6) is 0. The molecule has 0 aliphatic heterocycles. The molecule has 0 saturated carbocycles. The van der Waals surface area contributed by atoms with Crippen molar-refractivity contribution >= 4 is 61.2 Å². The summed E-state index contributed by atoms with van der Waals surface area (Å²) < 4.78 is 0. The third kappa shape index (κ3) is 6.39. The van der Waals surface area contributed by atoms with E-state index in [4.69, 9.17) is 0 Å². The molecule has 0 aromatic heterocycles. The summed E-state index contributed by atoms with van der Waals surface area (Å²) in [6, 6.07) is 67.7. The average Bonchev–Trinajstić information content (AvgIpc) is 3.21. The van der Waals surface area contributed by atoms with Crippen LogP contribution < -0.4 is 9.80 Å². The van der Waals surface area contributed by atoms with Gasteiger partial charge in [0.15, 0.2) is 0 Å². The number of fused-ring (bicyclic) bond motifs is 2. The Morgan fingerprint density at radius 2 is 0.885 bits per heavy atom. The molecule has 0 spiro atoms. The number of anilines is 6. The Labute approximate surface area is 306 Å². The first-order valence-electron chi connectivity index (χ1n) is 17.9. The van der Waals surface area contributed by atoms with E-state index in [0.29, 0.717) is 0 Å². The zero-order valence-electron chi connectivity index (χ0n) is 29.5. The predicted molar refractivity (Wildman–Crippen MR) is 225 cm³/mol. The number of para-hydroxylation sites is 1. The van der Waals surface area contributed by atoms with Gasteiger partial charge in [-0.15, -0.1) is 0 Å². The molecular formula is C50H40N2. The van der Waals surface area contributed by atoms with Crippen LogP contribution >= 0.6 is 0 Å². The standard InChI is InChI=1S/C50H40N2/c1-3-15-37(4-2)38-28-32-45(33-29-38)52(50-27-14-19-41-17-9-11-25-48(41)50)46-23-12-20-42(36-46)39-30-34-44(35-31-39)51(43-21-6-5-7-22-43)49-26-13-18-40-16-8-10-24-47(40)49/h3-36H,1-2H3/b15-3-,37-4+. The fourth-order valence-electron chi connectivity index (χ4n) is 7.21. The van der Waals surface area contributed by atoms with Crippen LogP contribution in [0.15, 0.2) is 206 Å². The van der Waals surface area contributed by atoms with Crippen molar-refractivity contribution in [2.75, 3.05) is 9.80 Å². The molecular weight excluding hydrogens is 629 g/mol. The van der Waals surface area contributed by atoms with Crippen LogP contribution in [0.25, 0.3) is 38.2 Å². The fourth-order valence-corrected chi connectivity index (χ4v) is 7.21. The topological polar surface area (TPSA) is 6.48 Å². The Balaban J connectivity index is 1.21. The van der Waals surface area contributed by atoms with Gasteiger partial charge in [-0.3, -0.25) is 0 Å². The van der Waals surface area contributed by atoms with E-state index >= 15 is 0 Å². The van der Waals surface area contributed by atoms with Gasteiger partial charge in [-0.1, -0.05) is 146 Å². The number of nitrogens with zero attached hydrogens (tertiary/aromatic N) is 2. The van der Waals surface area contributed by atoms with Crippen LogP contribution in [0, 0.1) is 0 Å². The molecule has 0 unspecified atom stereocenters. The maximum atomic E-state index is 2.38. The van der Waals surface area contributed by atoms with Crippen molar-refractivity contribution < 1.29 is 0 Å². The van der Waals surface area contributed by atoms with Crippen LogP contribution in [0.4, 0.5) is 34.1 Å². The normalized spacial score (nSPS) is 11.7. The minimum absolute atomic E-state index is 1.10. The monoisotopic (exact) mass is 668 g/mol. The van der Waals surface area contributed by atoms with E-state index in [1.165, 1.54) is 32.7 Å². The Bertz CT molecular complexity index is 2520. The zero-order chi connectivity index (χ0) is 35.3. The summed E-state index contributed by atoms with van der Waals surface area (Å²) in [6.07, 6.45) is 6.41. The second-order valence-corrected chi connectivity index (χ2v) is 12.9. The highest BCUT2D eigenvalue weighted by Gasteiger charge is 2.18. The molecule has 0 heterocycles. The van der Waals surface area contributed by atoms with Crippen LogP contribution in [0.2, 0.25) is 0 Å². The van der Waals surface area contributed by atoms with Crippen molar-refractivity contribution in [1.29, 1.82) is 0 Å². The van der Waals surface area contributed by atoms with Gasteiger partial charge in [0.2, 0.25) is 0 Å². The first-order chi connectivity index (χ1) is 25.7. The Morgan fingerprint density at radius 3 is 1.48 bits per heavy atom. The van der Waals surface area contributed by atoms with Crippen molar-refractivity contribution in [2.24, 2.45) is 0 Å². The van der Waals surface area contributed by atoms with E-state index in [1.807, 2.05) is 0 Å². The van der Waals surface area contributed by atoms with Gasteiger partial charge >= 0.3 is 0 Å². The lowest BCUT2D eigenvalue weighted by Gasteiger charge is -2.28. The molecule has 0 N–H and O–H groups in total. The minimum Gasteiger partial charge on any atom is -0.310 e. The Kier molecular flexibility index (Phi) is 9.19. The molecule has 0 aliphatic rings. The smallest absolute Gasteiger partial charge is 0.0540 e. The average molecular weight is 669 g/mol. The highest BCUT2D eigenvalue weighted by Crippen LogP contribution is 2.42. The van der Waals surface area contributed by atoms with Crippen molar-refractivity contribution in [3.8, 4) is 11.1 Å². The first kappa shape index (κ1) is 32.6. The molecule has 2 nitrogen and oxygen atoms in total. The number of rotatable bonds is 9. The number of benzene rings is 8. The predicted octanol–water partition coefficient (Wildman–Crippen LogP) is 14.6. The van der Waals surface area contributed by atoms with Crippen LogP contribution in [0.1, 0.15) is 19.4 Å². The molecule has 0 saturated heterocycles. The molecule has 0 bridgehead atoms. The maximum absolute atomic E-state index is 2.38. The van der Waals surface area contributed by atoms with Crippen molar-refractivity contribution in [1.82, 2.24) is 0 Å². The molecule has 250 valence electrons. The molecule has 8 aromatic carbocycles. The summed E-state index contributed by atoms with van der Waals surface area (Å²) in [5, 5.41) is 4.86. The Hall–Kier alpha value is -6.64. The van der Waals surface area contributed by atoms with Crippen LogP contribution in [0.5, 0.6) is 0 Å². The molecule has 0 fully saturated rings. The van der Waals surface area contributed by atoms with Crippen LogP contribution in [0.3, 0.4) is 0 Å².